The highest BCUT2D eigenvalue weighted by Crippen LogP contribution is 2.27. The summed E-state index contributed by atoms with van der Waals surface area (Å²) in [6.07, 6.45) is 2.12. The van der Waals surface area contributed by atoms with Gasteiger partial charge in [-0.05, 0) is 54.8 Å². The van der Waals surface area contributed by atoms with Crippen LogP contribution >= 0.6 is 0 Å². The van der Waals surface area contributed by atoms with Gasteiger partial charge >= 0.3 is 0 Å². The lowest BCUT2D eigenvalue weighted by atomic mass is 10.1. The highest BCUT2D eigenvalue weighted by atomic mass is 19.1. The number of nitrogens with zero attached hydrogens (tertiary/aromatic N) is 2. The Morgan fingerprint density at radius 1 is 1.14 bits per heavy atom. The second-order valence-corrected chi connectivity index (χ2v) is 6.23. The van der Waals surface area contributed by atoms with Gasteiger partial charge in [0.2, 0.25) is 5.95 Å². The van der Waals surface area contributed by atoms with E-state index in [0.29, 0.717) is 24.7 Å². The van der Waals surface area contributed by atoms with Gasteiger partial charge in [-0.1, -0.05) is 18.2 Å². The van der Waals surface area contributed by atoms with Gasteiger partial charge in [-0.25, -0.2) is 14.4 Å². The number of aromatic nitrogens is 2. The summed E-state index contributed by atoms with van der Waals surface area (Å²) in [5.74, 6) is 0.376. The van der Waals surface area contributed by atoms with E-state index in [1.165, 1.54) is 18.3 Å². The van der Waals surface area contributed by atoms with Crippen molar-refractivity contribution in [3.8, 4) is 5.75 Å². The zero-order chi connectivity index (χ0) is 19.9. The normalized spacial score (nSPS) is 10.4. The summed E-state index contributed by atoms with van der Waals surface area (Å²) in [4.78, 5) is 20.8. The maximum Gasteiger partial charge on any atom is 0.270 e. The Morgan fingerprint density at radius 3 is 2.68 bits per heavy atom. The number of benzene rings is 2. The Labute approximate surface area is 162 Å². The molecule has 0 unspecified atom stereocenters. The van der Waals surface area contributed by atoms with Crippen LogP contribution in [-0.4, -0.2) is 29.5 Å². The average molecular weight is 380 g/mol. The molecule has 1 heterocycles. The molecule has 3 rings (SSSR count). The minimum Gasteiger partial charge on any atom is -0.495 e. The summed E-state index contributed by atoms with van der Waals surface area (Å²) in [6, 6.07) is 13.5. The van der Waals surface area contributed by atoms with Crippen LogP contribution in [0.15, 0.2) is 54.7 Å². The monoisotopic (exact) mass is 380 g/mol. The maximum absolute atomic E-state index is 12.9. The Balaban J connectivity index is 1.63. The number of amides is 1. The van der Waals surface area contributed by atoms with E-state index in [9.17, 15) is 9.18 Å². The fourth-order valence-corrected chi connectivity index (χ4v) is 2.65. The summed E-state index contributed by atoms with van der Waals surface area (Å²) in [5, 5.41) is 5.89. The van der Waals surface area contributed by atoms with Crippen molar-refractivity contribution in [2.45, 2.75) is 13.3 Å². The summed E-state index contributed by atoms with van der Waals surface area (Å²) < 4.78 is 18.3. The number of rotatable bonds is 7. The number of ether oxygens (including phenoxy) is 1. The van der Waals surface area contributed by atoms with E-state index in [0.717, 1.165) is 16.8 Å². The van der Waals surface area contributed by atoms with Crippen molar-refractivity contribution in [1.29, 1.82) is 0 Å². The first-order valence-electron chi connectivity index (χ1n) is 8.82. The molecule has 1 amide bonds. The first-order chi connectivity index (χ1) is 13.5. The summed E-state index contributed by atoms with van der Waals surface area (Å²) in [7, 11) is 1.59. The molecule has 1 aromatic heterocycles. The van der Waals surface area contributed by atoms with Gasteiger partial charge in [0.15, 0.2) is 0 Å². The third-order valence-electron chi connectivity index (χ3n) is 4.10. The molecular formula is C21H21FN4O2. The second-order valence-electron chi connectivity index (χ2n) is 6.23. The van der Waals surface area contributed by atoms with E-state index < -0.39 is 0 Å². The molecule has 0 aliphatic rings. The molecular weight excluding hydrogens is 359 g/mol. The van der Waals surface area contributed by atoms with Crippen LogP contribution in [0.1, 0.15) is 21.6 Å². The fourth-order valence-electron chi connectivity index (χ4n) is 2.65. The topological polar surface area (TPSA) is 76.1 Å². The molecule has 7 heteroatoms. The molecule has 0 saturated carbocycles. The molecule has 2 N–H and O–H groups in total. The van der Waals surface area contributed by atoms with Gasteiger partial charge in [0.25, 0.3) is 5.91 Å². The second kappa shape index (κ2) is 8.94. The van der Waals surface area contributed by atoms with Crippen LogP contribution in [-0.2, 0) is 6.42 Å². The van der Waals surface area contributed by atoms with Gasteiger partial charge in [0.05, 0.1) is 12.8 Å². The molecule has 0 bridgehead atoms. The molecule has 6 nitrogen and oxygen atoms in total. The van der Waals surface area contributed by atoms with Crippen molar-refractivity contribution in [3.63, 3.8) is 0 Å². The minimum absolute atomic E-state index is 0.253. The lowest BCUT2D eigenvalue weighted by Crippen LogP contribution is -2.26. The van der Waals surface area contributed by atoms with E-state index in [-0.39, 0.29) is 17.4 Å². The van der Waals surface area contributed by atoms with E-state index in [1.807, 2.05) is 25.1 Å². The van der Waals surface area contributed by atoms with Gasteiger partial charge in [-0.2, -0.15) is 0 Å². The summed E-state index contributed by atoms with van der Waals surface area (Å²) in [5.41, 5.74) is 2.97. The number of aryl methyl sites for hydroxylation is 1. The molecule has 0 aliphatic heterocycles. The van der Waals surface area contributed by atoms with Crippen LogP contribution < -0.4 is 15.4 Å². The van der Waals surface area contributed by atoms with Crippen LogP contribution in [0.2, 0.25) is 0 Å². The van der Waals surface area contributed by atoms with Crippen molar-refractivity contribution in [1.82, 2.24) is 15.3 Å². The Bertz CT molecular complexity index is 961. The summed E-state index contributed by atoms with van der Waals surface area (Å²) >= 11 is 0. The molecule has 2 aromatic carbocycles. The van der Waals surface area contributed by atoms with Crippen LogP contribution in [0.3, 0.4) is 0 Å². The Hall–Kier alpha value is -3.48. The first kappa shape index (κ1) is 19.3. The molecule has 0 radical (unpaired) electrons. The van der Waals surface area contributed by atoms with E-state index >= 15 is 0 Å². The summed E-state index contributed by atoms with van der Waals surface area (Å²) in [6.45, 7) is 2.39. The zero-order valence-electron chi connectivity index (χ0n) is 15.7. The SMILES string of the molecule is COc1ccc(C)cc1Nc1nccc(C(=O)NCCc2ccc(F)cc2)n1. The lowest BCUT2D eigenvalue weighted by Gasteiger charge is -2.11. The van der Waals surface area contributed by atoms with E-state index in [2.05, 4.69) is 20.6 Å². The minimum atomic E-state index is -0.302. The van der Waals surface area contributed by atoms with E-state index in [4.69, 9.17) is 4.74 Å². The van der Waals surface area contributed by atoms with Crippen molar-refractivity contribution in [3.05, 3.63) is 77.4 Å². The predicted molar refractivity (Wildman–Crippen MR) is 105 cm³/mol. The van der Waals surface area contributed by atoms with Gasteiger partial charge in [-0.3, -0.25) is 4.79 Å². The third-order valence-corrected chi connectivity index (χ3v) is 4.10. The molecule has 0 spiro atoms. The number of hydrogen-bond donors (Lipinski definition) is 2. The first-order valence-corrected chi connectivity index (χ1v) is 8.82. The number of methoxy groups -OCH3 is 1. The van der Waals surface area contributed by atoms with Gasteiger partial charge in [-0.15, -0.1) is 0 Å². The fraction of sp³-hybridized carbons (Fsp3) is 0.190. The van der Waals surface area contributed by atoms with Crippen molar-refractivity contribution < 1.29 is 13.9 Å². The van der Waals surface area contributed by atoms with Crippen molar-refractivity contribution in [2.75, 3.05) is 19.0 Å². The number of carbonyl (C=O) groups is 1. The highest BCUT2D eigenvalue weighted by molar-refractivity contribution is 5.92. The molecule has 144 valence electrons. The molecule has 0 saturated heterocycles. The highest BCUT2D eigenvalue weighted by Gasteiger charge is 2.10. The predicted octanol–water partition coefficient (Wildman–Crippen LogP) is 3.65. The molecule has 28 heavy (non-hydrogen) atoms. The van der Waals surface area contributed by atoms with Gasteiger partial charge in [0, 0.05) is 12.7 Å². The smallest absolute Gasteiger partial charge is 0.270 e. The number of halogens is 1. The van der Waals surface area contributed by atoms with Gasteiger partial charge < -0.3 is 15.4 Å². The lowest BCUT2D eigenvalue weighted by molar-refractivity contribution is 0.0949. The van der Waals surface area contributed by atoms with Crippen molar-refractivity contribution >= 4 is 17.5 Å². The quantitative estimate of drug-likeness (QED) is 0.654. The van der Waals surface area contributed by atoms with Crippen LogP contribution in [0.4, 0.5) is 16.0 Å². The largest absolute Gasteiger partial charge is 0.495 e. The maximum atomic E-state index is 12.9. The zero-order valence-corrected chi connectivity index (χ0v) is 15.7. The number of nitrogens with one attached hydrogen (secondary N) is 2. The van der Waals surface area contributed by atoms with Gasteiger partial charge in [0.1, 0.15) is 17.3 Å². The molecule has 0 fully saturated rings. The van der Waals surface area contributed by atoms with Crippen LogP contribution in [0, 0.1) is 12.7 Å². The standard InChI is InChI=1S/C21H21FN4O2/c1-14-3-8-19(28-2)18(13-14)26-21-24-12-10-17(25-21)20(27)23-11-9-15-4-6-16(22)7-5-15/h3-8,10,12-13H,9,11H2,1-2H3,(H,23,27)(H,24,25,26). The van der Waals surface area contributed by atoms with Crippen LogP contribution in [0.25, 0.3) is 0 Å². The number of hydrogen-bond acceptors (Lipinski definition) is 5. The molecule has 0 aliphatic carbocycles. The molecule has 0 atom stereocenters. The average Bonchev–Trinajstić information content (AvgIpc) is 2.70. The Morgan fingerprint density at radius 2 is 1.93 bits per heavy atom. The number of anilines is 2. The van der Waals surface area contributed by atoms with Crippen molar-refractivity contribution in [2.24, 2.45) is 0 Å². The van der Waals surface area contributed by atoms with Crippen LogP contribution in [0.5, 0.6) is 5.75 Å². The molecule has 3 aromatic rings. The Kier molecular flexibility index (Phi) is 6.16. The number of carbonyl (C=O) groups excluding carboxylic acids is 1. The van der Waals surface area contributed by atoms with E-state index in [1.54, 1.807) is 25.3 Å². The third kappa shape index (κ3) is 5.03.